The molecule has 2 aromatic rings. The van der Waals surface area contributed by atoms with Gasteiger partial charge in [0.2, 0.25) is 0 Å². The summed E-state index contributed by atoms with van der Waals surface area (Å²) in [6.07, 6.45) is 0. The lowest BCUT2D eigenvalue weighted by atomic mass is 10.2. The zero-order chi connectivity index (χ0) is 12.1. The fourth-order valence-electron chi connectivity index (χ4n) is 1.32. The first-order chi connectivity index (χ1) is 8.25. The number of hydrogen-bond acceptors (Lipinski definition) is 1. The Morgan fingerprint density at radius 3 is 1.76 bits per heavy atom. The van der Waals surface area contributed by atoms with E-state index in [0.29, 0.717) is 5.56 Å². The molecule has 0 fully saturated rings. The van der Waals surface area contributed by atoms with Gasteiger partial charge in [0.05, 0.1) is 0 Å². The molecule has 0 amide bonds. The molecule has 0 N–H and O–H groups in total. The highest BCUT2D eigenvalue weighted by Crippen LogP contribution is 2.15. The summed E-state index contributed by atoms with van der Waals surface area (Å²) in [6.45, 7) is 0. The van der Waals surface area contributed by atoms with Gasteiger partial charge in [0.1, 0.15) is 5.69 Å². The molecule has 0 atom stereocenters. The first-order valence-electron chi connectivity index (χ1n) is 5.04. The molecule has 84 valence electrons. The fraction of sp³-hybridized carbons (Fsp3) is 0. The molecule has 0 aliphatic rings. The summed E-state index contributed by atoms with van der Waals surface area (Å²) in [5.74, 6) is 5.87. The second kappa shape index (κ2) is 5.13. The molecule has 2 rings (SSSR count). The molecule has 17 heavy (non-hydrogen) atoms. The van der Waals surface area contributed by atoms with Gasteiger partial charge in [0, 0.05) is 11.1 Å². The van der Waals surface area contributed by atoms with Crippen molar-refractivity contribution >= 4 is 5.69 Å². The molecule has 0 saturated carbocycles. The summed E-state index contributed by atoms with van der Waals surface area (Å²) < 4.78 is 24.3. The molecule has 0 saturated heterocycles. The van der Waals surface area contributed by atoms with E-state index in [-0.39, 0.29) is 5.69 Å². The van der Waals surface area contributed by atoms with E-state index in [4.69, 9.17) is 0 Å². The van der Waals surface area contributed by atoms with E-state index in [0.717, 1.165) is 5.56 Å². The minimum absolute atomic E-state index is 0.143. The van der Waals surface area contributed by atoms with Gasteiger partial charge in [-0.15, -0.1) is 0 Å². The number of nitrogens with zero attached hydrogens (tertiary/aromatic N) is 1. The van der Waals surface area contributed by atoms with Crippen LogP contribution in [0.5, 0.6) is 0 Å². The maximum absolute atomic E-state index is 12.1. The van der Waals surface area contributed by atoms with Crippen molar-refractivity contribution in [1.82, 2.24) is 0 Å². The van der Waals surface area contributed by atoms with Crippen LogP contribution in [0.15, 0.2) is 54.6 Å². The SMILES string of the molecule is FN(F)c1ccc(C#Cc2ccccc2)cc1. The fourth-order valence-corrected chi connectivity index (χ4v) is 1.32. The highest BCUT2D eigenvalue weighted by Gasteiger charge is 2.00. The molecule has 0 bridgehead atoms. The van der Waals surface area contributed by atoms with Gasteiger partial charge >= 0.3 is 0 Å². The molecule has 0 aromatic heterocycles. The van der Waals surface area contributed by atoms with Crippen molar-refractivity contribution in [3.63, 3.8) is 0 Å². The van der Waals surface area contributed by atoms with Crippen LogP contribution in [0.4, 0.5) is 14.6 Å². The predicted molar refractivity (Wildman–Crippen MR) is 63.6 cm³/mol. The Labute approximate surface area is 98.2 Å². The Balaban J connectivity index is 2.17. The maximum Gasteiger partial charge on any atom is 0.105 e. The summed E-state index contributed by atoms with van der Waals surface area (Å²) in [5.41, 5.74) is 1.46. The molecule has 0 unspecified atom stereocenters. The third kappa shape index (κ3) is 3.05. The summed E-state index contributed by atoms with van der Waals surface area (Å²) >= 11 is 0. The standard InChI is InChI=1S/C14H9F2N/c15-17(16)14-10-8-13(9-11-14)7-6-12-4-2-1-3-5-12/h1-5,8-11H. The first-order valence-corrected chi connectivity index (χ1v) is 5.04. The van der Waals surface area contributed by atoms with Crippen LogP contribution in [0.25, 0.3) is 0 Å². The van der Waals surface area contributed by atoms with Crippen molar-refractivity contribution < 1.29 is 8.96 Å². The van der Waals surface area contributed by atoms with E-state index in [1.165, 1.54) is 12.1 Å². The van der Waals surface area contributed by atoms with Gasteiger partial charge in [-0.3, -0.25) is 0 Å². The van der Waals surface area contributed by atoms with Crippen LogP contribution in [0.2, 0.25) is 0 Å². The lowest BCUT2D eigenvalue weighted by Gasteiger charge is -2.00. The molecular weight excluding hydrogens is 220 g/mol. The third-order valence-corrected chi connectivity index (χ3v) is 2.19. The van der Waals surface area contributed by atoms with Crippen LogP contribution in [-0.2, 0) is 0 Å². The Bertz CT molecular complexity index is 536. The van der Waals surface area contributed by atoms with E-state index in [9.17, 15) is 8.96 Å². The van der Waals surface area contributed by atoms with Gasteiger partial charge in [0.25, 0.3) is 0 Å². The first kappa shape index (κ1) is 11.2. The van der Waals surface area contributed by atoms with E-state index in [1.807, 2.05) is 30.3 Å². The van der Waals surface area contributed by atoms with Gasteiger partial charge in [-0.2, -0.15) is 0 Å². The highest BCUT2D eigenvalue weighted by atomic mass is 19.4. The van der Waals surface area contributed by atoms with Crippen molar-refractivity contribution in [2.45, 2.75) is 0 Å². The Hall–Kier alpha value is -2.34. The largest absolute Gasteiger partial charge is 0.105 e. The molecule has 0 heterocycles. The van der Waals surface area contributed by atoms with Crippen LogP contribution >= 0.6 is 0 Å². The topological polar surface area (TPSA) is 3.24 Å². The van der Waals surface area contributed by atoms with Crippen LogP contribution in [-0.4, -0.2) is 0 Å². The molecule has 1 nitrogen and oxygen atoms in total. The third-order valence-electron chi connectivity index (χ3n) is 2.19. The molecule has 2 aromatic carbocycles. The second-order valence-electron chi connectivity index (χ2n) is 3.40. The van der Waals surface area contributed by atoms with Crippen LogP contribution in [0.1, 0.15) is 11.1 Å². The second-order valence-corrected chi connectivity index (χ2v) is 3.40. The molecule has 0 spiro atoms. The minimum Gasteiger partial charge on any atom is -0.0666 e. The Morgan fingerprint density at radius 2 is 1.24 bits per heavy atom. The van der Waals surface area contributed by atoms with Crippen molar-refractivity contribution in [1.29, 1.82) is 0 Å². The van der Waals surface area contributed by atoms with Gasteiger partial charge in [-0.05, 0) is 41.7 Å². The summed E-state index contributed by atoms with van der Waals surface area (Å²) in [5, 5.41) is -0.922. The molecule has 0 aliphatic heterocycles. The summed E-state index contributed by atoms with van der Waals surface area (Å²) in [7, 11) is 0. The van der Waals surface area contributed by atoms with E-state index < -0.39 is 5.34 Å². The minimum atomic E-state index is -0.922. The molecule has 3 heteroatoms. The van der Waals surface area contributed by atoms with Crippen LogP contribution in [0.3, 0.4) is 0 Å². The number of hydrogen-bond donors (Lipinski definition) is 0. The number of benzene rings is 2. The van der Waals surface area contributed by atoms with Crippen molar-refractivity contribution in [2.75, 3.05) is 5.34 Å². The predicted octanol–water partition coefficient (Wildman–Crippen LogP) is 3.66. The monoisotopic (exact) mass is 229 g/mol. The average Bonchev–Trinajstić information content (AvgIpc) is 2.38. The summed E-state index contributed by atoms with van der Waals surface area (Å²) in [4.78, 5) is 0. The van der Waals surface area contributed by atoms with Crippen molar-refractivity contribution in [2.24, 2.45) is 0 Å². The van der Waals surface area contributed by atoms with Gasteiger partial charge < -0.3 is 0 Å². The van der Waals surface area contributed by atoms with E-state index in [2.05, 4.69) is 11.8 Å². The number of rotatable bonds is 1. The maximum atomic E-state index is 12.1. The van der Waals surface area contributed by atoms with E-state index >= 15 is 0 Å². The average molecular weight is 229 g/mol. The van der Waals surface area contributed by atoms with Crippen LogP contribution in [0, 0.1) is 11.8 Å². The van der Waals surface area contributed by atoms with E-state index in [1.54, 1.807) is 12.1 Å². The Kier molecular flexibility index (Phi) is 3.37. The van der Waals surface area contributed by atoms with Crippen molar-refractivity contribution in [3.8, 4) is 11.8 Å². The van der Waals surface area contributed by atoms with Gasteiger partial charge in [-0.25, -0.2) is 0 Å². The van der Waals surface area contributed by atoms with Gasteiger partial charge in [0.15, 0.2) is 0 Å². The van der Waals surface area contributed by atoms with Crippen LogP contribution < -0.4 is 5.34 Å². The lowest BCUT2D eigenvalue weighted by Crippen LogP contribution is -1.94. The quantitative estimate of drug-likeness (QED) is 0.532. The number of halogens is 2. The zero-order valence-electron chi connectivity index (χ0n) is 8.90. The Morgan fingerprint density at radius 1 is 0.706 bits per heavy atom. The van der Waals surface area contributed by atoms with Crippen molar-refractivity contribution in [3.05, 3.63) is 65.7 Å². The molecular formula is C14H9F2N. The summed E-state index contributed by atoms with van der Waals surface area (Å²) in [6, 6.07) is 15.3. The molecule has 0 radical (unpaired) electrons. The number of anilines is 1. The smallest absolute Gasteiger partial charge is 0.0666 e. The lowest BCUT2D eigenvalue weighted by molar-refractivity contribution is 0.235. The normalized spacial score (nSPS) is 9.29. The zero-order valence-corrected chi connectivity index (χ0v) is 8.90. The molecule has 0 aliphatic carbocycles. The van der Waals surface area contributed by atoms with Gasteiger partial charge in [-0.1, -0.05) is 39.0 Å². The highest BCUT2D eigenvalue weighted by molar-refractivity contribution is 5.49.